The van der Waals surface area contributed by atoms with E-state index in [1.807, 2.05) is 27.7 Å². The van der Waals surface area contributed by atoms with Crippen LogP contribution in [0.25, 0.3) is 0 Å². The summed E-state index contributed by atoms with van der Waals surface area (Å²) in [5, 5.41) is 12.1. The third kappa shape index (κ3) is 2.25. The van der Waals surface area contributed by atoms with Crippen molar-refractivity contribution in [2.45, 2.75) is 46.2 Å². The summed E-state index contributed by atoms with van der Waals surface area (Å²) in [6.45, 7) is 8.21. The summed E-state index contributed by atoms with van der Waals surface area (Å²) in [6, 6.07) is 2.06. The Labute approximate surface area is 113 Å². The lowest BCUT2D eigenvalue weighted by molar-refractivity contribution is -0.143. The van der Waals surface area contributed by atoms with Crippen LogP contribution in [-0.2, 0) is 9.59 Å². The standard InChI is InChI=1S/C14H21N3O2/c1-8(2)16-9(7-15)5-6-17-12(18)10-11(13(17)19)14(10,3)4/h8-11,16H,5-6H2,1-4H3. The number of imide groups is 1. The van der Waals surface area contributed by atoms with Crippen molar-refractivity contribution >= 4 is 11.8 Å². The number of likely N-dealkylation sites (tertiary alicyclic amines) is 1. The molecule has 1 aliphatic heterocycles. The molecular weight excluding hydrogens is 242 g/mol. The van der Waals surface area contributed by atoms with Gasteiger partial charge in [0.25, 0.3) is 0 Å². The topological polar surface area (TPSA) is 73.2 Å². The second-order valence-electron chi connectivity index (χ2n) is 6.40. The highest BCUT2D eigenvalue weighted by atomic mass is 16.2. The van der Waals surface area contributed by atoms with Crippen molar-refractivity contribution in [2.24, 2.45) is 17.3 Å². The Kier molecular flexibility index (Phi) is 3.40. The van der Waals surface area contributed by atoms with Crippen molar-refractivity contribution in [2.75, 3.05) is 6.54 Å². The maximum absolute atomic E-state index is 12.1. The fraction of sp³-hybridized carbons (Fsp3) is 0.786. The minimum Gasteiger partial charge on any atom is -0.300 e. The van der Waals surface area contributed by atoms with Gasteiger partial charge in [-0.15, -0.1) is 0 Å². The summed E-state index contributed by atoms with van der Waals surface area (Å²) in [5.74, 6) is -0.361. The van der Waals surface area contributed by atoms with Gasteiger partial charge in [-0.25, -0.2) is 0 Å². The van der Waals surface area contributed by atoms with Crippen molar-refractivity contribution in [1.82, 2.24) is 10.2 Å². The van der Waals surface area contributed by atoms with Crippen LogP contribution in [-0.4, -0.2) is 35.3 Å². The van der Waals surface area contributed by atoms with Gasteiger partial charge < -0.3 is 0 Å². The Morgan fingerprint density at radius 2 is 1.84 bits per heavy atom. The van der Waals surface area contributed by atoms with E-state index in [1.165, 1.54) is 4.90 Å². The zero-order valence-electron chi connectivity index (χ0n) is 11.9. The molecule has 1 N–H and O–H groups in total. The normalized spacial score (nSPS) is 29.4. The predicted octanol–water partition coefficient (Wildman–Crippen LogP) is 0.908. The van der Waals surface area contributed by atoms with Crippen LogP contribution in [0.2, 0.25) is 0 Å². The first-order chi connectivity index (χ1) is 8.80. The molecule has 1 heterocycles. The zero-order chi connectivity index (χ0) is 14.4. The number of carbonyl (C=O) groups is 2. The van der Waals surface area contributed by atoms with Gasteiger partial charge in [0, 0.05) is 12.6 Å². The highest BCUT2D eigenvalue weighted by Crippen LogP contribution is 2.63. The van der Waals surface area contributed by atoms with Crippen molar-refractivity contribution in [1.29, 1.82) is 5.26 Å². The van der Waals surface area contributed by atoms with Crippen LogP contribution in [0.1, 0.15) is 34.1 Å². The largest absolute Gasteiger partial charge is 0.300 e. The molecule has 1 aliphatic carbocycles. The van der Waals surface area contributed by atoms with Gasteiger partial charge in [-0.3, -0.25) is 19.8 Å². The Morgan fingerprint density at radius 1 is 1.32 bits per heavy atom. The Bertz CT molecular complexity index is 426. The van der Waals surface area contributed by atoms with Crippen LogP contribution in [0.3, 0.4) is 0 Å². The summed E-state index contributed by atoms with van der Waals surface area (Å²) < 4.78 is 0. The summed E-state index contributed by atoms with van der Waals surface area (Å²) in [6.07, 6.45) is 0.492. The number of rotatable bonds is 5. The number of carbonyl (C=O) groups excluding carboxylic acids is 2. The minimum atomic E-state index is -0.314. The molecule has 1 saturated heterocycles. The summed E-state index contributed by atoms with van der Waals surface area (Å²) in [7, 11) is 0. The van der Waals surface area contributed by atoms with E-state index in [1.54, 1.807) is 0 Å². The molecule has 5 nitrogen and oxygen atoms in total. The number of nitriles is 1. The molecular formula is C14H21N3O2. The molecule has 2 fully saturated rings. The number of nitrogens with one attached hydrogen (secondary N) is 1. The average Bonchev–Trinajstić information content (AvgIpc) is 2.78. The molecule has 0 aromatic carbocycles. The lowest BCUT2D eigenvalue weighted by Crippen LogP contribution is -2.41. The van der Waals surface area contributed by atoms with Crippen LogP contribution >= 0.6 is 0 Å². The van der Waals surface area contributed by atoms with Gasteiger partial charge >= 0.3 is 0 Å². The third-order valence-corrected chi connectivity index (χ3v) is 4.22. The molecule has 3 atom stereocenters. The first kappa shape index (κ1) is 14.0. The molecule has 2 rings (SSSR count). The van der Waals surface area contributed by atoms with Crippen LogP contribution in [0.5, 0.6) is 0 Å². The second kappa shape index (κ2) is 4.61. The smallest absolute Gasteiger partial charge is 0.233 e. The van der Waals surface area contributed by atoms with Gasteiger partial charge in [0.05, 0.1) is 23.9 Å². The predicted molar refractivity (Wildman–Crippen MR) is 69.8 cm³/mol. The van der Waals surface area contributed by atoms with Crippen LogP contribution in [0.4, 0.5) is 0 Å². The molecule has 19 heavy (non-hydrogen) atoms. The van der Waals surface area contributed by atoms with Crippen molar-refractivity contribution in [3.05, 3.63) is 0 Å². The summed E-state index contributed by atoms with van der Waals surface area (Å²) in [4.78, 5) is 25.5. The van der Waals surface area contributed by atoms with Gasteiger partial charge in [0.2, 0.25) is 11.8 Å². The number of piperidine rings is 1. The van der Waals surface area contributed by atoms with Crippen LogP contribution < -0.4 is 5.32 Å². The first-order valence-corrected chi connectivity index (χ1v) is 6.81. The SMILES string of the molecule is CC(C)NC(C#N)CCN1C(=O)C2C(C1=O)C2(C)C. The van der Waals surface area contributed by atoms with E-state index in [0.717, 1.165) is 0 Å². The Balaban J connectivity index is 1.91. The number of fused-ring (bicyclic) bond motifs is 1. The molecule has 0 spiro atoms. The van der Waals surface area contributed by atoms with Gasteiger partial charge in [-0.05, 0) is 25.7 Å². The van der Waals surface area contributed by atoms with Gasteiger partial charge in [-0.2, -0.15) is 5.26 Å². The van der Waals surface area contributed by atoms with E-state index in [4.69, 9.17) is 5.26 Å². The van der Waals surface area contributed by atoms with E-state index in [2.05, 4.69) is 11.4 Å². The molecule has 0 bridgehead atoms. The van der Waals surface area contributed by atoms with Gasteiger partial charge in [-0.1, -0.05) is 13.8 Å². The molecule has 1 saturated carbocycles. The quantitative estimate of drug-likeness (QED) is 0.748. The van der Waals surface area contributed by atoms with Crippen LogP contribution in [0.15, 0.2) is 0 Å². The van der Waals surface area contributed by atoms with Crippen molar-refractivity contribution < 1.29 is 9.59 Å². The molecule has 104 valence electrons. The number of amides is 2. The number of hydrogen-bond acceptors (Lipinski definition) is 4. The zero-order valence-corrected chi connectivity index (χ0v) is 11.9. The van der Waals surface area contributed by atoms with Gasteiger partial charge in [0.15, 0.2) is 0 Å². The molecule has 2 amide bonds. The Hall–Kier alpha value is -1.41. The van der Waals surface area contributed by atoms with E-state index in [0.29, 0.717) is 13.0 Å². The van der Waals surface area contributed by atoms with Crippen molar-refractivity contribution in [3.8, 4) is 6.07 Å². The maximum Gasteiger partial charge on any atom is 0.233 e. The minimum absolute atomic E-state index is 0.0544. The number of nitrogens with zero attached hydrogens (tertiary/aromatic N) is 2. The fourth-order valence-electron chi connectivity index (χ4n) is 3.07. The molecule has 0 radical (unpaired) electrons. The molecule has 3 unspecified atom stereocenters. The Morgan fingerprint density at radius 3 is 2.26 bits per heavy atom. The second-order valence-corrected chi connectivity index (χ2v) is 6.40. The molecule has 5 heteroatoms. The van der Waals surface area contributed by atoms with E-state index in [-0.39, 0.29) is 41.1 Å². The lowest BCUT2D eigenvalue weighted by atomic mass is 10.1. The fourth-order valence-corrected chi connectivity index (χ4v) is 3.07. The van der Waals surface area contributed by atoms with Crippen LogP contribution in [0, 0.1) is 28.6 Å². The molecule has 0 aromatic heterocycles. The van der Waals surface area contributed by atoms with E-state index >= 15 is 0 Å². The van der Waals surface area contributed by atoms with E-state index in [9.17, 15) is 9.59 Å². The summed E-state index contributed by atoms with van der Waals surface area (Å²) in [5.41, 5.74) is -0.157. The third-order valence-electron chi connectivity index (χ3n) is 4.22. The van der Waals surface area contributed by atoms with Gasteiger partial charge in [0.1, 0.15) is 0 Å². The highest BCUT2D eigenvalue weighted by molar-refractivity contribution is 6.10. The molecule has 2 aliphatic rings. The maximum atomic E-state index is 12.1. The van der Waals surface area contributed by atoms with Crippen molar-refractivity contribution in [3.63, 3.8) is 0 Å². The lowest BCUT2D eigenvalue weighted by Gasteiger charge is -2.22. The van der Waals surface area contributed by atoms with E-state index < -0.39 is 0 Å². The first-order valence-electron chi connectivity index (χ1n) is 6.81. The molecule has 0 aromatic rings. The highest BCUT2D eigenvalue weighted by Gasteiger charge is 2.72. The monoisotopic (exact) mass is 263 g/mol. The number of hydrogen-bond donors (Lipinski definition) is 1. The average molecular weight is 263 g/mol. The summed E-state index contributed by atoms with van der Waals surface area (Å²) >= 11 is 0.